The van der Waals surface area contributed by atoms with Crippen molar-refractivity contribution in [3.05, 3.63) is 144 Å². The molecule has 0 aliphatic carbocycles. The van der Waals surface area contributed by atoms with Gasteiger partial charge in [0.1, 0.15) is 5.75 Å². The van der Waals surface area contributed by atoms with E-state index in [1.165, 1.54) is 0 Å². The maximum absolute atomic E-state index is 13.8. The standard InChI is InChI=1S/C30H24O3/c1-33-26-19-17-23(18-20-26)28(31)21-27(22-11-5-2-6-12-22)29(24-13-7-3-8-14-24)30(32)25-15-9-4-10-16-25/h2-21,29H,1H3/b27-21+. The zero-order chi connectivity index (χ0) is 23.0. The van der Waals surface area contributed by atoms with Crippen LogP contribution < -0.4 is 4.74 Å². The van der Waals surface area contributed by atoms with Crippen molar-refractivity contribution >= 4 is 17.1 Å². The van der Waals surface area contributed by atoms with Crippen molar-refractivity contribution in [2.24, 2.45) is 0 Å². The van der Waals surface area contributed by atoms with Crippen LogP contribution in [0.2, 0.25) is 0 Å². The van der Waals surface area contributed by atoms with Gasteiger partial charge in [-0.2, -0.15) is 0 Å². The van der Waals surface area contributed by atoms with Crippen molar-refractivity contribution in [3.8, 4) is 5.75 Å². The van der Waals surface area contributed by atoms with Crippen molar-refractivity contribution < 1.29 is 14.3 Å². The van der Waals surface area contributed by atoms with E-state index in [1.54, 1.807) is 37.5 Å². The van der Waals surface area contributed by atoms with Crippen LogP contribution in [0.25, 0.3) is 5.57 Å². The Morgan fingerprint density at radius 1 is 0.636 bits per heavy atom. The Balaban J connectivity index is 1.86. The molecule has 162 valence electrons. The monoisotopic (exact) mass is 432 g/mol. The number of ketones is 2. The lowest BCUT2D eigenvalue weighted by molar-refractivity contribution is 0.0979. The van der Waals surface area contributed by atoms with E-state index in [2.05, 4.69) is 0 Å². The van der Waals surface area contributed by atoms with Gasteiger partial charge in [-0.05, 0) is 47.0 Å². The molecule has 0 saturated heterocycles. The van der Waals surface area contributed by atoms with Crippen LogP contribution in [0.4, 0.5) is 0 Å². The number of Topliss-reactive ketones (excluding diaryl/α,β-unsaturated/α-hetero) is 1. The second-order valence-electron chi connectivity index (χ2n) is 7.63. The van der Waals surface area contributed by atoms with Crippen molar-refractivity contribution in [2.75, 3.05) is 7.11 Å². The first-order valence-electron chi connectivity index (χ1n) is 10.8. The van der Waals surface area contributed by atoms with Gasteiger partial charge in [-0.3, -0.25) is 9.59 Å². The third kappa shape index (κ3) is 5.16. The van der Waals surface area contributed by atoms with Crippen molar-refractivity contribution in [2.45, 2.75) is 5.92 Å². The number of carbonyl (C=O) groups excluding carboxylic acids is 2. The molecule has 0 aromatic heterocycles. The molecule has 0 saturated carbocycles. The number of hydrogen-bond donors (Lipinski definition) is 0. The summed E-state index contributed by atoms with van der Waals surface area (Å²) in [5, 5.41) is 0. The lowest BCUT2D eigenvalue weighted by Crippen LogP contribution is -2.16. The molecule has 0 aliphatic rings. The molecule has 0 N–H and O–H groups in total. The molecule has 1 atom stereocenters. The molecule has 3 heteroatoms. The fraction of sp³-hybridized carbons (Fsp3) is 0.0667. The number of rotatable bonds is 8. The SMILES string of the molecule is COc1ccc(C(=O)/C=C(\c2ccccc2)C(C(=O)c2ccccc2)c2ccccc2)cc1. The Bertz CT molecular complexity index is 1240. The molecule has 0 radical (unpaired) electrons. The number of methoxy groups -OCH3 is 1. The first-order chi connectivity index (χ1) is 16.2. The van der Waals surface area contributed by atoms with Crippen LogP contribution in [0.1, 0.15) is 37.8 Å². The van der Waals surface area contributed by atoms with E-state index < -0.39 is 5.92 Å². The highest BCUT2D eigenvalue weighted by atomic mass is 16.5. The molecule has 4 rings (SSSR count). The van der Waals surface area contributed by atoms with Gasteiger partial charge in [0, 0.05) is 11.1 Å². The van der Waals surface area contributed by atoms with E-state index in [-0.39, 0.29) is 11.6 Å². The second-order valence-corrected chi connectivity index (χ2v) is 7.63. The minimum Gasteiger partial charge on any atom is -0.497 e. The Morgan fingerprint density at radius 3 is 1.70 bits per heavy atom. The normalized spacial score (nSPS) is 12.1. The molecule has 0 amide bonds. The highest BCUT2D eigenvalue weighted by molar-refractivity contribution is 6.15. The Kier molecular flexibility index (Phi) is 6.91. The predicted molar refractivity (Wildman–Crippen MR) is 132 cm³/mol. The van der Waals surface area contributed by atoms with Crippen LogP contribution in [-0.4, -0.2) is 18.7 Å². The molecule has 0 aliphatic heterocycles. The van der Waals surface area contributed by atoms with E-state index in [9.17, 15) is 9.59 Å². The first kappa shape index (κ1) is 22.0. The van der Waals surface area contributed by atoms with Gasteiger partial charge in [-0.25, -0.2) is 0 Å². The summed E-state index contributed by atoms with van der Waals surface area (Å²) in [6.07, 6.45) is 1.59. The van der Waals surface area contributed by atoms with Gasteiger partial charge >= 0.3 is 0 Å². The summed E-state index contributed by atoms with van der Waals surface area (Å²) in [5.74, 6) is -0.170. The molecule has 1 unspecified atom stereocenters. The molecule has 4 aromatic carbocycles. The smallest absolute Gasteiger partial charge is 0.186 e. The van der Waals surface area contributed by atoms with Crippen molar-refractivity contribution in [1.29, 1.82) is 0 Å². The molecule has 4 aromatic rings. The van der Waals surface area contributed by atoms with E-state index >= 15 is 0 Å². The number of ether oxygens (including phenoxy) is 1. The third-order valence-electron chi connectivity index (χ3n) is 5.53. The van der Waals surface area contributed by atoms with Gasteiger partial charge in [-0.15, -0.1) is 0 Å². The molecule has 33 heavy (non-hydrogen) atoms. The molecular weight excluding hydrogens is 408 g/mol. The van der Waals surface area contributed by atoms with Gasteiger partial charge in [0.15, 0.2) is 11.6 Å². The zero-order valence-corrected chi connectivity index (χ0v) is 18.3. The Hall–Kier alpha value is -4.24. The lowest BCUT2D eigenvalue weighted by Gasteiger charge is -2.21. The van der Waals surface area contributed by atoms with Gasteiger partial charge < -0.3 is 4.74 Å². The quantitative estimate of drug-likeness (QED) is 0.232. The van der Waals surface area contributed by atoms with Crippen LogP contribution >= 0.6 is 0 Å². The van der Waals surface area contributed by atoms with Crippen LogP contribution in [0.15, 0.2) is 121 Å². The van der Waals surface area contributed by atoms with Gasteiger partial charge in [0.05, 0.1) is 13.0 Å². The summed E-state index contributed by atoms with van der Waals surface area (Å²) in [7, 11) is 1.59. The second kappa shape index (κ2) is 10.4. The summed E-state index contributed by atoms with van der Waals surface area (Å²) in [4.78, 5) is 27.1. The average molecular weight is 433 g/mol. The molecule has 3 nitrogen and oxygen atoms in total. The van der Waals surface area contributed by atoms with Crippen molar-refractivity contribution in [1.82, 2.24) is 0 Å². The first-order valence-corrected chi connectivity index (χ1v) is 10.8. The summed E-state index contributed by atoms with van der Waals surface area (Å²) in [6.45, 7) is 0. The fourth-order valence-corrected chi connectivity index (χ4v) is 3.83. The van der Waals surface area contributed by atoms with E-state index in [0.29, 0.717) is 22.4 Å². The molecular formula is C30H24O3. The number of carbonyl (C=O) groups is 2. The highest BCUT2D eigenvalue weighted by Gasteiger charge is 2.27. The predicted octanol–water partition coefficient (Wildman–Crippen LogP) is 6.63. The van der Waals surface area contributed by atoms with Gasteiger partial charge in [-0.1, -0.05) is 91.0 Å². The third-order valence-corrected chi connectivity index (χ3v) is 5.53. The Morgan fingerprint density at radius 2 is 1.15 bits per heavy atom. The molecule has 0 heterocycles. The van der Waals surface area contributed by atoms with Crippen LogP contribution in [0.5, 0.6) is 5.75 Å². The van der Waals surface area contributed by atoms with Crippen molar-refractivity contribution in [3.63, 3.8) is 0 Å². The van der Waals surface area contributed by atoms with Crippen LogP contribution in [0.3, 0.4) is 0 Å². The van der Waals surface area contributed by atoms with Crippen LogP contribution in [-0.2, 0) is 0 Å². The Labute approximate surface area is 194 Å². The maximum atomic E-state index is 13.8. The minimum absolute atomic E-state index is 0.0561. The molecule has 0 fully saturated rings. The summed E-state index contributed by atoms with van der Waals surface area (Å²) in [5.41, 5.74) is 3.46. The number of allylic oxidation sites excluding steroid dienone is 2. The zero-order valence-electron chi connectivity index (χ0n) is 18.3. The largest absolute Gasteiger partial charge is 0.497 e. The average Bonchev–Trinajstić information content (AvgIpc) is 2.90. The number of hydrogen-bond acceptors (Lipinski definition) is 3. The van der Waals surface area contributed by atoms with E-state index in [1.807, 2.05) is 91.0 Å². The number of benzene rings is 4. The topological polar surface area (TPSA) is 43.4 Å². The lowest BCUT2D eigenvalue weighted by atomic mass is 9.80. The van der Waals surface area contributed by atoms with Crippen LogP contribution in [0, 0.1) is 0 Å². The summed E-state index contributed by atoms with van der Waals surface area (Å²) >= 11 is 0. The maximum Gasteiger partial charge on any atom is 0.186 e. The highest BCUT2D eigenvalue weighted by Crippen LogP contribution is 2.35. The summed E-state index contributed by atoms with van der Waals surface area (Å²) < 4.78 is 5.20. The molecule has 0 bridgehead atoms. The van der Waals surface area contributed by atoms with E-state index in [4.69, 9.17) is 4.74 Å². The summed E-state index contributed by atoms with van der Waals surface area (Å²) in [6, 6.07) is 35.4. The molecule has 0 spiro atoms. The minimum atomic E-state index is -0.627. The van der Waals surface area contributed by atoms with Gasteiger partial charge in [0.2, 0.25) is 0 Å². The van der Waals surface area contributed by atoms with E-state index in [0.717, 1.165) is 11.1 Å². The van der Waals surface area contributed by atoms with Gasteiger partial charge in [0.25, 0.3) is 0 Å². The fourth-order valence-electron chi connectivity index (χ4n) is 3.83.